The summed E-state index contributed by atoms with van der Waals surface area (Å²) in [6.07, 6.45) is 0.546. The van der Waals surface area contributed by atoms with Crippen LogP contribution in [0.5, 0.6) is 0 Å². The van der Waals surface area contributed by atoms with Gasteiger partial charge in [0.15, 0.2) is 5.58 Å². The van der Waals surface area contributed by atoms with Crippen molar-refractivity contribution in [1.82, 2.24) is 0 Å². The number of halogens is 1. The third kappa shape index (κ3) is 2.30. The van der Waals surface area contributed by atoms with Crippen LogP contribution in [0.15, 0.2) is 57.6 Å². The number of furan rings is 2. The van der Waals surface area contributed by atoms with Gasteiger partial charge in [0, 0.05) is 23.9 Å². The van der Waals surface area contributed by atoms with Crippen molar-refractivity contribution in [2.45, 2.75) is 0 Å². The molecule has 0 unspecified atom stereocenters. The molecule has 0 atom stereocenters. The molecule has 4 aromatic rings. The zero-order chi connectivity index (χ0) is 16.8. The molecule has 0 aliphatic heterocycles. The van der Waals surface area contributed by atoms with E-state index < -0.39 is 6.09 Å². The van der Waals surface area contributed by atoms with Crippen molar-refractivity contribution >= 4 is 45.5 Å². The number of hydrogen-bond acceptors (Lipinski definition) is 3. The molecule has 0 aliphatic carbocycles. The minimum atomic E-state index is -1.10. The molecule has 2 heterocycles. The van der Waals surface area contributed by atoms with Crippen molar-refractivity contribution in [3.05, 3.63) is 53.8 Å². The highest BCUT2D eigenvalue weighted by molar-refractivity contribution is 6.35. The highest BCUT2D eigenvalue weighted by Gasteiger charge is 2.16. The predicted octanol–water partition coefficient (Wildman–Crippen LogP) is 5.61. The Balaban J connectivity index is 1.85. The second-order valence-corrected chi connectivity index (χ2v) is 5.88. The monoisotopic (exact) mass is 341 g/mol. The molecule has 4 rings (SSSR count). The first-order valence-electron chi connectivity index (χ1n) is 7.20. The van der Waals surface area contributed by atoms with Gasteiger partial charge in [-0.15, -0.1) is 0 Å². The Bertz CT molecular complexity index is 1080. The Morgan fingerprint density at radius 2 is 1.88 bits per heavy atom. The van der Waals surface area contributed by atoms with Crippen LogP contribution in [0, 0.1) is 0 Å². The summed E-state index contributed by atoms with van der Waals surface area (Å²) in [5.74, 6) is 0.224. The molecule has 0 bridgehead atoms. The number of hydrogen-bond donors (Lipinski definition) is 1. The Morgan fingerprint density at radius 3 is 2.67 bits per heavy atom. The minimum Gasteiger partial charge on any atom is -0.465 e. The van der Waals surface area contributed by atoms with E-state index in [0.29, 0.717) is 10.6 Å². The fourth-order valence-corrected chi connectivity index (χ4v) is 2.93. The maximum absolute atomic E-state index is 11.1. The molecular weight excluding hydrogens is 330 g/mol. The molecule has 0 saturated heterocycles. The van der Waals surface area contributed by atoms with Crippen LogP contribution < -0.4 is 4.90 Å². The van der Waals surface area contributed by atoms with Crippen LogP contribution in [0.1, 0.15) is 0 Å². The summed E-state index contributed by atoms with van der Waals surface area (Å²) >= 11 is 6.33. The Morgan fingerprint density at radius 1 is 1.08 bits per heavy atom. The molecule has 0 aliphatic rings. The summed E-state index contributed by atoms with van der Waals surface area (Å²) in [5.41, 5.74) is 3.19. The Labute approximate surface area is 141 Å². The number of anilines is 1. The molecule has 1 amide bonds. The van der Waals surface area contributed by atoms with Crippen molar-refractivity contribution in [3.8, 4) is 11.1 Å². The van der Waals surface area contributed by atoms with Crippen LogP contribution >= 0.6 is 11.6 Å². The molecule has 0 radical (unpaired) electrons. The summed E-state index contributed by atoms with van der Waals surface area (Å²) in [7, 11) is 1.42. The van der Waals surface area contributed by atoms with Gasteiger partial charge in [0.2, 0.25) is 5.88 Å². The van der Waals surface area contributed by atoms with Crippen LogP contribution in [-0.2, 0) is 0 Å². The van der Waals surface area contributed by atoms with E-state index in [1.807, 2.05) is 30.3 Å². The van der Waals surface area contributed by atoms with Gasteiger partial charge in [-0.3, -0.25) is 4.90 Å². The fraction of sp³-hybridized carbons (Fsp3) is 0.0556. The molecular formula is C18H12ClNO4. The standard InChI is InChI=1S/C18H12ClNO4/c1-20(18(21)22)16-9-13-7-12(8-14(19)17(13)24-16)10-2-3-15-11(6-10)4-5-23-15/h2-9H,1H3,(H,21,22). The van der Waals surface area contributed by atoms with Crippen molar-refractivity contribution in [2.75, 3.05) is 11.9 Å². The van der Waals surface area contributed by atoms with Gasteiger partial charge in [-0.05, 0) is 41.5 Å². The van der Waals surface area contributed by atoms with Gasteiger partial charge in [0.05, 0.1) is 11.3 Å². The number of fused-ring (bicyclic) bond motifs is 2. The topological polar surface area (TPSA) is 66.8 Å². The SMILES string of the molecule is CN(C(=O)O)c1cc2cc(-c3ccc4occc4c3)cc(Cl)c2o1. The van der Waals surface area contributed by atoms with Crippen molar-refractivity contribution < 1.29 is 18.7 Å². The zero-order valence-corrected chi connectivity index (χ0v) is 13.4. The summed E-state index contributed by atoms with van der Waals surface area (Å²) in [5, 5.41) is 11.2. The summed E-state index contributed by atoms with van der Waals surface area (Å²) in [6.45, 7) is 0. The second-order valence-electron chi connectivity index (χ2n) is 5.48. The van der Waals surface area contributed by atoms with E-state index in [2.05, 4.69) is 0 Å². The lowest BCUT2D eigenvalue weighted by Gasteiger charge is -2.07. The highest BCUT2D eigenvalue weighted by atomic mass is 35.5. The van der Waals surface area contributed by atoms with Gasteiger partial charge in [0.25, 0.3) is 0 Å². The number of benzene rings is 2. The van der Waals surface area contributed by atoms with Crippen molar-refractivity contribution in [1.29, 1.82) is 0 Å². The highest BCUT2D eigenvalue weighted by Crippen LogP contribution is 2.36. The van der Waals surface area contributed by atoms with Crippen LogP contribution in [0.3, 0.4) is 0 Å². The molecule has 6 heteroatoms. The Hall–Kier alpha value is -2.92. The van der Waals surface area contributed by atoms with Gasteiger partial charge in [-0.25, -0.2) is 4.79 Å². The van der Waals surface area contributed by atoms with Crippen LogP contribution in [0.4, 0.5) is 10.7 Å². The third-order valence-corrected chi connectivity index (χ3v) is 4.24. The van der Waals surface area contributed by atoms with E-state index in [-0.39, 0.29) is 5.88 Å². The van der Waals surface area contributed by atoms with E-state index in [0.717, 1.165) is 32.4 Å². The van der Waals surface area contributed by atoms with E-state index in [9.17, 15) is 4.79 Å². The molecule has 1 N–H and O–H groups in total. The molecule has 120 valence electrons. The molecule has 0 fully saturated rings. The fourth-order valence-electron chi connectivity index (χ4n) is 2.67. The Kier molecular flexibility index (Phi) is 3.25. The molecule has 0 spiro atoms. The third-order valence-electron chi connectivity index (χ3n) is 3.96. The molecule has 24 heavy (non-hydrogen) atoms. The second kappa shape index (κ2) is 5.32. The van der Waals surface area contributed by atoms with Gasteiger partial charge >= 0.3 is 6.09 Å². The maximum atomic E-state index is 11.1. The first-order chi connectivity index (χ1) is 11.5. The molecule has 2 aromatic carbocycles. The average Bonchev–Trinajstić information content (AvgIpc) is 3.19. The zero-order valence-electron chi connectivity index (χ0n) is 12.6. The van der Waals surface area contributed by atoms with E-state index in [1.54, 1.807) is 18.4 Å². The molecule has 2 aromatic heterocycles. The van der Waals surface area contributed by atoms with Gasteiger partial charge in [0.1, 0.15) is 5.58 Å². The number of carboxylic acid groups (broad SMARTS) is 1. The number of carbonyl (C=O) groups is 1. The largest absolute Gasteiger partial charge is 0.465 e. The first kappa shape index (κ1) is 14.7. The minimum absolute atomic E-state index is 0.224. The number of amides is 1. The van der Waals surface area contributed by atoms with E-state index in [1.165, 1.54) is 7.05 Å². The van der Waals surface area contributed by atoms with E-state index >= 15 is 0 Å². The van der Waals surface area contributed by atoms with Gasteiger partial charge < -0.3 is 13.9 Å². The summed E-state index contributed by atoms with van der Waals surface area (Å²) in [6, 6.07) is 13.2. The lowest BCUT2D eigenvalue weighted by atomic mass is 10.0. The van der Waals surface area contributed by atoms with Crippen LogP contribution in [0.2, 0.25) is 5.02 Å². The smallest absolute Gasteiger partial charge is 0.413 e. The van der Waals surface area contributed by atoms with E-state index in [4.69, 9.17) is 25.5 Å². The lowest BCUT2D eigenvalue weighted by Crippen LogP contribution is -2.22. The van der Waals surface area contributed by atoms with Crippen molar-refractivity contribution in [3.63, 3.8) is 0 Å². The van der Waals surface area contributed by atoms with Gasteiger partial charge in [-0.2, -0.15) is 0 Å². The maximum Gasteiger partial charge on any atom is 0.413 e. The summed E-state index contributed by atoms with van der Waals surface area (Å²) in [4.78, 5) is 12.1. The average molecular weight is 342 g/mol. The van der Waals surface area contributed by atoms with Crippen molar-refractivity contribution in [2.24, 2.45) is 0 Å². The van der Waals surface area contributed by atoms with Crippen LogP contribution in [0.25, 0.3) is 33.1 Å². The molecule has 0 saturated carbocycles. The number of nitrogens with zero attached hydrogens (tertiary/aromatic N) is 1. The quantitative estimate of drug-likeness (QED) is 0.514. The van der Waals surface area contributed by atoms with Gasteiger partial charge in [-0.1, -0.05) is 17.7 Å². The lowest BCUT2D eigenvalue weighted by molar-refractivity contribution is 0.202. The predicted molar refractivity (Wildman–Crippen MR) is 92.9 cm³/mol. The summed E-state index contributed by atoms with van der Waals surface area (Å²) < 4.78 is 10.9. The number of rotatable bonds is 2. The van der Waals surface area contributed by atoms with Crippen LogP contribution in [-0.4, -0.2) is 18.2 Å². The first-order valence-corrected chi connectivity index (χ1v) is 7.58. The molecule has 5 nitrogen and oxygen atoms in total. The normalized spacial score (nSPS) is 11.2.